The third kappa shape index (κ3) is 3.61. The van der Waals surface area contributed by atoms with Crippen molar-refractivity contribution in [3.63, 3.8) is 0 Å². The predicted octanol–water partition coefficient (Wildman–Crippen LogP) is 7.80. The topological polar surface area (TPSA) is 66.9 Å². The molecule has 6 rings (SSSR count). The number of ketones is 1. The quantitative estimate of drug-likeness (QED) is 0.199. The van der Waals surface area contributed by atoms with Crippen molar-refractivity contribution in [1.29, 1.82) is 5.26 Å². The van der Waals surface area contributed by atoms with Crippen molar-refractivity contribution in [2.24, 2.45) is 0 Å². The minimum Gasteiger partial charge on any atom is -0.435 e. The molecule has 5 aromatic rings. The molecule has 166 valence electrons. The van der Waals surface area contributed by atoms with Gasteiger partial charge in [-0.05, 0) is 41.8 Å². The van der Waals surface area contributed by atoms with Gasteiger partial charge in [-0.2, -0.15) is 10.2 Å². The summed E-state index contributed by atoms with van der Waals surface area (Å²) in [4.78, 5) is 19.4. The number of carbonyl (C=O) groups excluding carboxylic acids is 1. The maximum atomic E-state index is 13.1. The fourth-order valence-electron chi connectivity index (χ4n) is 4.43. The second-order valence-corrected chi connectivity index (χ2v) is 9.39. The highest BCUT2D eigenvalue weighted by Crippen LogP contribution is 2.41. The van der Waals surface area contributed by atoms with Gasteiger partial charge in [0, 0.05) is 38.8 Å². The van der Waals surface area contributed by atoms with Crippen LogP contribution in [0.5, 0.6) is 0 Å². The van der Waals surface area contributed by atoms with E-state index in [1.54, 1.807) is 13.0 Å². The molecule has 4 nitrogen and oxygen atoms in total. The second-order valence-electron chi connectivity index (χ2n) is 8.33. The summed E-state index contributed by atoms with van der Waals surface area (Å²) in [5.74, 6) is 0.498. The van der Waals surface area contributed by atoms with Gasteiger partial charge < -0.3 is 4.42 Å². The Bertz CT molecular complexity index is 1680. The number of nitriles is 1. The Morgan fingerprint density at radius 3 is 2.29 bits per heavy atom. The fourth-order valence-corrected chi connectivity index (χ4v) is 5.32. The number of aromatic nitrogens is 1. The number of benzene rings is 3. The molecule has 0 atom stereocenters. The zero-order valence-electron chi connectivity index (χ0n) is 18.8. The van der Waals surface area contributed by atoms with E-state index in [9.17, 15) is 10.1 Å². The highest BCUT2D eigenvalue weighted by Gasteiger charge is 2.31. The highest BCUT2D eigenvalue weighted by atomic mass is 32.1. The standard InChI is InChI=1S/C30H18N2O2S/c1-18(17-31)27-23-9-5-6-10-24(23)28(33)25(27)15-22-16-26-30(35-22)32-29(34-26)21-13-11-20(12-14-21)19-7-3-2-4-8-19/h2-16H,1H3/b25-15-,27-18?. The molecule has 2 heterocycles. The van der Waals surface area contributed by atoms with Crippen LogP contribution in [-0.4, -0.2) is 10.8 Å². The molecule has 0 fully saturated rings. The highest BCUT2D eigenvalue weighted by molar-refractivity contribution is 7.19. The number of fused-ring (bicyclic) bond motifs is 2. The van der Waals surface area contributed by atoms with Gasteiger partial charge >= 0.3 is 0 Å². The minimum absolute atomic E-state index is 0.0672. The van der Waals surface area contributed by atoms with Crippen LogP contribution in [0.4, 0.5) is 0 Å². The Kier molecular flexibility index (Phi) is 5.02. The van der Waals surface area contributed by atoms with Gasteiger partial charge in [0.2, 0.25) is 5.89 Å². The second kappa shape index (κ2) is 8.35. The molecule has 0 radical (unpaired) electrons. The lowest BCUT2D eigenvalue weighted by atomic mass is 10.00. The fraction of sp³-hybridized carbons (Fsp3) is 0.0333. The molecule has 0 unspecified atom stereocenters. The van der Waals surface area contributed by atoms with Gasteiger partial charge in [0.05, 0.1) is 6.07 Å². The Hall–Kier alpha value is -4.53. The average molecular weight is 471 g/mol. The van der Waals surface area contributed by atoms with Crippen LogP contribution in [-0.2, 0) is 0 Å². The van der Waals surface area contributed by atoms with Crippen LogP contribution in [0.1, 0.15) is 27.7 Å². The molecule has 0 saturated heterocycles. The lowest BCUT2D eigenvalue weighted by molar-refractivity contribution is 0.104. The SMILES string of the molecule is CC(C#N)=C1/C(=C/c2cc3oc(-c4ccc(-c5ccccc5)cc4)nc3s2)C(=O)c2ccccc21. The van der Waals surface area contributed by atoms with Crippen molar-refractivity contribution in [3.05, 3.63) is 112 Å². The first-order valence-electron chi connectivity index (χ1n) is 11.2. The van der Waals surface area contributed by atoms with Crippen molar-refractivity contribution < 1.29 is 9.21 Å². The number of Topliss-reactive ketones (excluding diaryl/α,β-unsaturated/α-hetero) is 1. The zero-order chi connectivity index (χ0) is 23.9. The van der Waals surface area contributed by atoms with Gasteiger partial charge in [0.25, 0.3) is 0 Å². The number of thiophene rings is 1. The molecular formula is C30H18N2O2S. The van der Waals surface area contributed by atoms with E-state index in [1.165, 1.54) is 11.3 Å². The normalized spacial score (nSPS) is 15.4. The zero-order valence-corrected chi connectivity index (χ0v) is 19.6. The number of hydrogen-bond acceptors (Lipinski definition) is 5. The van der Waals surface area contributed by atoms with Gasteiger partial charge in [0.15, 0.2) is 16.2 Å². The molecule has 0 amide bonds. The largest absolute Gasteiger partial charge is 0.435 e. The summed E-state index contributed by atoms with van der Waals surface area (Å²) in [6, 6.07) is 29.9. The summed E-state index contributed by atoms with van der Waals surface area (Å²) in [7, 11) is 0. The Labute approximate surface area is 206 Å². The summed E-state index contributed by atoms with van der Waals surface area (Å²) in [6.45, 7) is 1.75. The van der Waals surface area contributed by atoms with Crippen LogP contribution < -0.4 is 0 Å². The lowest BCUT2D eigenvalue weighted by Crippen LogP contribution is -1.95. The van der Waals surface area contributed by atoms with Gasteiger partial charge in [-0.1, -0.05) is 66.7 Å². The van der Waals surface area contributed by atoms with Crippen LogP contribution in [0.25, 0.3) is 44.6 Å². The molecule has 1 aliphatic carbocycles. The summed E-state index contributed by atoms with van der Waals surface area (Å²) in [6.07, 6.45) is 1.84. The first kappa shape index (κ1) is 21.0. The van der Waals surface area contributed by atoms with Gasteiger partial charge in [0.1, 0.15) is 0 Å². The van der Waals surface area contributed by atoms with Crippen molar-refractivity contribution in [3.8, 4) is 28.7 Å². The molecule has 1 aliphatic rings. The molecule has 2 aromatic heterocycles. The number of carbonyl (C=O) groups is 1. The van der Waals surface area contributed by atoms with E-state index in [-0.39, 0.29) is 5.78 Å². The van der Waals surface area contributed by atoms with E-state index in [0.717, 1.165) is 32.0 Å². The van der Waals surface area contributed by atoms with Crippen molar-refractivity contribution in [1.82, 2.24) is 4.98 Å². The predicted molar refractivity (Wildman–Crippen MR) is 140 cm³/mol. The van der Waals surface area contributed by atoms with E-state index < -0.39 is 0 Å². The Morgan fingerprint density at radius 1 is 0.914 bits per heavy atom. The Balaban J connectivity index is 1.34. The molecule has 3 aromatic carbocycles. The third-order valence-corrected chi connectivity index (χ3v) is 7.09. The first-order chi connectivity index (χ1) is 17.1. The van der Waals surface area contributed by atoms with Crippen LogP contribution in [0.15, 0.2) is 100 Å². The van der Waals surface area contributed by atoms with Crippen molar-refractivity contribution in [2.75, 3.05) is 0 Å². The van der Waals surface area contributed by atoms with Crippen molar-refractivity contribution in [2.45, 2.75) is 6.92 Å². The molecule has 0 bridgehead atoms. The molecule has 0 N–H and O–H groups in total. The van der Waals surface area contributed by atoms with E-state index in [0.29, 0.717) is 33.8 Å². The summed E-state index contributed by atoms with van der Waals surface area (Å²) in [5, 5.41) is 9.52. The first-order valence-corrected chi connectivity index (χ1v) is 12.0. The molecule has 35 heavy (non-hydrogen) atoms. The average Bonchev–Trinajstić information content (AvgIpc) is 3.55. The molecule has 5 heteroatoms. The van der Waals surface area contributed by atoms with Crippen LogP contribution >= 0.6 is 11.3 Å². The summed E-state index contributed by atoms with van der Waals surface area (Å²) >= 11 is 1.46. The van der Waals surface area contributed by atoms with E-state index in [4.69, 9.17) is 4.42 Å². The van der Waals surface area contributed by atoms with Crippen LogP contribution in [0.2, 0.25) is 0 Å². The smallest absolute Gasteiger partial charge is 0.228 e. The Morgan fingerprint density at radius 2 is 1.57 bits per heavy atom. The number of hydrogen-bond donors (Lipinski definition) is 0. The van der Waals surface area contributed by atoms with E-state index in [2.05, 4.69) is 35.3 Å². The number of nitrogens with zero attached hydrogens (tertiary/aromatic N) is 2. The lowest BCUT2D eigenvalue weighted by Gasteiger charge is -2.02. The van der Waals surface area contributed by atoms with Crippen LogP contribution in [0, 0.1) is 11.3 Å². The number of allylic oxidation sites excluding steroid dienone is 3. The monoisotopic (exact) mass is 470 g/mol. The van der Waals surface area contributed by atoms with Gasteiger partial charge in [-0.15, -0.1) is 11.3 Å². The van der Waals surface area contributed by atoms with E-state index in [1.807, 2.05) is 60.7 Å². The molecular weight excluding hydrogens is 452 g/mol. The molecule has 0 aliphatic heterocycles. The van der Waals surface area contributed by atoms with Crippen molar-refractivity contribution >= 4 is 39.2 Å². The van der Waals surface area contributed by atoms with E-state index >= 15 is 0 Å². The van der Waals surface area contributed by atoms with Gasteiger partial charge in [-0.3, -0.25) is 4.79 Å². The minimum atomic E-state index is -0.0672. The number of rotatable bonds is 3. The number of oxazole rings is 1. The van der Waals surface area contributed by atoms with Gasteiger partial charge in [-0.25, -0.2) is 0 Å². The summed E-state index contributed by atoms with van der Waals surface area (Å²) in [5.41, 5.74) is 7.07. The maximum Gasteiger partial charge on any atom is 0.228 e. The molecule has 0 spiro atoms. The molecule has 0 saturated carbocycles. The third-order valence-electron chi connectivity index (χ3n) is 6.13. The summed E-state index contributed by atoms with van der Waals surface area (Å²) < 4.78 is 6.05. The van der Waals surface area contributed by atoms with Crippen LogP contribution in [0.3, 0.4) is 0 Å². The maximum absolute atomic E-state index is 13.1.